The number of nitrogens with one attached hydrogen (secondary N) is 1. The molecule has 148 valence electrons. The number of hydrogen-bond donors (Lipinski definition) is 1. The summed E-state index contributed by atoms with van der Waals surface area (Å²) in [6.45, 7) is 5.97. The summed E-state index contributed by atoms with van der Waals surface area (Å²) in [5.41, 5.74) is 2.70. The number of anilines is 2. The summed E-state index contributed by atoms with van der Waals surface area (Å²) in [6, 6.07) is 11.6. The van der Waals surface area contributed by atoms with Crippen LogP contribution in [-0.4, -0.2) is 45.4 Å². The van der Waals surface area contributed by atoms with Gasteiger partial charge in [-0.2, -0.15) is 0 Å². The molecule has 7 heteroatoms. The average molecular weight is 447 g/mol. The number of amides is 1. The van der Waals surface area contributed by atoms with Crippen molar-refractivity contribution >= 4 is 33.2 Å². The number of ether oxygens (including phenoxy) is 3. The van der Waals surface area contributed by atoms with Crippen molar-refractivity contribution in [2.45, 2.75) is 12.8 Å². The van der Waals surface area contributed by atoms with Crippen LogP contribution >= 0.6 is 15.9 Å². The number of carbonyl (C=O) groups is 1. The number of rotatable bonds is 4. The second-order valence-corrected chi connectivity index (χ2v) is 7.79. The van der Waals surface area contributed by atoms with E-state index in [1.165, 1.54) is 0 Å². The van der Waals surface area contributed by atoms with Crippen LogP contribution in [0.3, 0.4) is 0 Å². The zero-order chi connectivity index (χ0) is 19.5. The smallest absolute Gasteiger partial charge is 0.231 e. The number of benzene rings is 2. The van der Waals surface area contributed by atoms with E-state index in [4.69, 9.17) is 14.2 Å². The molecule has 1 amide bonds. The first kappa shape index (κ1) is 19.1. The molecule has 1 N–H and O–H groups in total. The Morgan fingerprint density at radius 1 is 1.04 bits per heavy atom. The van der Waals surface area contributed by atoms with Crippen LogP contribution in [0.2, 0.25) is 0 Å². The van der Waals surface area contributed by atoms with Crippen LogP contribution < -0.4 is 19.7 Å². The summed E-state index contributed by atoms with van der Waals surface area (Å²) in [6.07, 6.45) is 0. The molecule has 1 atom stereocenters. The number of fused-ring (bicyclic) bond motifs is 1. The lowest BCUT2D eigenvalue weighted by molar-refractivity contribution is -0.117. The molecular formula is C21H23BrN2O4. The van der Waals surface area contributed by atoms with Crippen molar-refractivity contribution in [3.63, 3.8) is 0 Å². The van der Waals surface area contributed by atoms with Gasteiger partial charge in [-0.1, -0.05) is 22.0 Å². The van der Waals surface area contributed by atoms with Crippen molar-refractivity contribution in [1.82, 2.24) is 0 Å². The molecule has 2 heterocycles. The van der Waals surface area contributed by atoms with Crippen LogP contribution in [0.4, 0.5) is 11.4 Å². The summed E-state index contributed by atoms with van der Waals surface area (Å²) < 4.78 is 17.6. The number of halogens is 1. The van der Waals surface area contributed by atoms with Gasteiger partial charge < -0.3 is 24.4 Å². The lowest BCUT2D eigenvalue weighted by Crippen LogP contribution is -2.37. The molecule has 6 nitrogen and oxygen atoms in total. The maximum Gasteiger partial charge on any atom is 0.231 e. The van der Waals surface area contributed by atoms with Gasteiger partial charge in [-0.25, -0.2) is 0 Å². The highest BCUT2D eigenvalue weighted by Gasteiger charge is 2.22. The van der Waals surface area contributed by atoms with Crippen LogP contribution in [0.25, 0.3) is 0 Å². The minimum absolute atomic E-state index is 0.0655. The highest BCUT2D eigenvalue weighted by atomic mass is 79.9. The van der Waals surface area contributed by atoms with Gasteiger partial charge in [0.05, 0.1) is 30.5 Å². The van der Waals surface area contributed by atoms with Crippen molar-refractivity contribution in [2.75, 3.05) is 49.7 Å². The lowest BCUT2D eigenvalue weighted by atomic mass is 9.99. The van der Waals surface area contributed by atoms with Gasteiger partial charge in [0.1, 0.15) is 13.2 Å². The van der Waals surface area contributed by atoms with Gasteiger partial charge in [0, 0.05) is 17.6 Å². The number of hydrogen-bond acceptors (Lipinski definition) is 5. The Bertz CT molecular complexity index is 867. The molecule has 0 bridgehead atoms. The minimum atomic E-state index is -0.327. The fraction of sp³-hybridized carbons (Fsp3) is 0.381. The average Bonchev–Trinajstić information content (AvgIpc) is 2.73. The second kappa shape index (κ2) is 8.41. The van der Waals surface area contributed by atoms with Gasteiger partial charge in [-0.15, -0.1) is 0 Å². The molecule has 2 aliphatic heterocycles. The molecule has 0 spiro atoms. The first-order valence-corrected chi connectivity index (χ1v) is 10.2. The third-order valence-electron chi connectivity index (χ3n) is 5.03. The Morgan fingerprint density at radius 2 is 1.79 bits per heavy atom. The van der Waals surface area contributed by atoms with Gasteiger partial charge in [-0.3, -0.25) is 4.79 Å². The Kier molecular flexibility index (Phi) is 5.73. The molecule has 0 saturated carbocycles. The van der Waals surface area contributed by atoms with Crippen molar-refractivity contribution < 1.29 is 19.0 Å². The van der Waals surface area contributed by atoms with Crippen LogP contribution in [0, 0.1) is 0 Å². The van der Waals surface area contributed by atoms with E-state index in [-0.39, 0.29) is 11.8 Å². The predicted molar refractivity (Wildman–Crippen MR) is 112 cm³/mol. The van der Waals surface area contributed by atoms with Gasteiger partial charge >= 0.3 is 0 Å². The molecule has 2 aliphatic rings. The number of nitrogens with zero attached hydrogens (tertiary/aromatic N) is 1. The molecule has 2 aromatic rings. The normalized spacial score (nSPS) is 17.1. The molecule has 1 fully saturated rings. The van der Waals surface area contributed by atoms with Crippen LogP contribution in [-0.2, 0) is 9.53 Å². The zero-order valence-corrected chi connectivity index (χ0v) is 17.3. The highest BCUT2D eigenvalue weighted by molar-refractivity contribution is 9.10. The molecule has 0 radical (unpaired) electrons. The van der Waals surface area contributed by atoms with E-state index in [0.29, 0.717) is 32.2 Å². The maximum atomic E-state index is 13.0. The van der Waals surface area contributed by atoms with Crippen molar-refractivity contribution in [3.05, 3.63) is 46.4 Å². The minimum Gasteiger partial charge on any atom is -0.486 e. The summed E-state index contributed by atoms with van der Waals surface area (Å²) in [5, 5.41) is 3.10. The Hall–Kier alpha value is -2.25. The fourth-order valence-corrected chi connectivity index (χ4v) is 3.77. The lowest BCUT2D eigenvalue weighted by Gasteiger charge is -2.31. The summed E-state index contributed by atoms with van der Waals surface area (Å²) in [4.78, 5) is 15.2. The van der Waals surface area contributed by atoms with Crippen LogP contribution in [0.15, 0.2) is 40.9 Å². The molecule has 1 saturated heterocycles. The van der Waals surface area contributed by atoms with E-state index in [1.807, 2.05) is 43.3 Å². The van der Waals surface area contributed by atoms with E-state index in [0.717, 1.165) is 40.2 Å². The third kappa shape index (κ3) is 4.10. The standard InChI is InChI=1S/C21H23BrN2O4/c1-14(15-2-5-19-20(12-15)28-11-10-27-19)21(25)23-17-13-16(22)3-4-18(17)24-6-8-26-9-7-24/h2-5,12-14H,6-11H2,1H3,(H,23,25). The quantitative estimate of drug-likeness (QED) is 0.773. The maximum absolute atomic E-state index is 13.0. The zero-order valence-electron chi connectivity index (χ0n) is 15.7. The van der Waals surface area contributed by atoms with E-state index in [9.17, 15) is 4.79 Å². The van der Waals surface area contributed by atoms with Crippen molar-refractivity contribution in [3.8, 4) is 11.5 Å². The Morgan fingerprint density at radius 3 is 2.57 bits per heavy atom. The van der Waals surface area contributed by atoms with Gasteiger partial charge in [-0.05, 0) is 42.8 Å². The predicted octanol–water partition coefficient (Wildman–Crippen LogP) is 3.80. The second-order valence-electron chi connectivity index (χ2n) is 6.87. The Labute approximate surface area is 172 Å². The largest absolute Gasteiger partial charge is 0.486 e. The van der Waals surface area contributed by atoms with E-state index < -0.39 is 0 Å². The SMILES string of the molecule is CC(C(=O)Nc1cc(Br)ccc1N1CCOCC1)c1ccc2c(c1)OCCO2. The number of carbonyl (C=O) groups excluding carboxylic acids is 1. The summed E-state index contributed by atoms with van der Waals surface area (Å²) >= 11 is 3.51. The molecule has 0 aromatic heterocycles. The van der Waals surface area contributed by atoms with Gasteiger partial charge in [0.15, 0.2) is 11.5 Å². The Balaban J connectivity index is 1.53. The number of morpholine rings is 1. The van der Waals surface area contributed by atoms with Gasteiger partial charge in [0.2, 0.25) is 5.91 Å². The summed E-state index contributed by atoms with van der Waals surface area (Å²) in [7, 11) is 0. The first-order valence-electron chi connectivity index (χ1n) is 9.44. The molecule has 28 heavy (non-hydrogen) atoms. The van der Waals surface area contributed by atoms with E-state index >= 15 is 0 Å². The van der Waals surface area contributed by atoms with Crippen molar-refractivity contribution in [1.29, 1.82) is 0 Å². The molecular weight excluding hydrogens is 424 g/mol. The molecule has 0 aliphatic carbocycles. The van der Waals surface area contributed by atoms with Crippen molar-refractivity contribution in [2.24, 2.45) is 0 Å². The topological polar surface area (TPSA) is 60.0 Å². The van der Waals surface area contributed by atoms with Crippen LogP contribution in [0.5, 0.6) is 11.5 Å². The van der Waals surface area contributed by atoms with E-state index in [2.05, 4.69) is 26.1 Å². The highest BCUT2D eigenvalue weighted by Crippen LogP contribution is 2.34. The fourth-order valence-electron chi connectivity index (χ4n) is 3.41. The summed E-state index contributed by atoms with van der Waals surface area (Å²) in [5.74, 6) is 1.03. The molecule has 2 aromatic carbocycles. The van der Waals surface area contributed by atoms with Crippen LogP contribution in [0.1, 0.15) is 18.4 Å². The van der Waals surface area contributed by atoms with Gasteiger partial charge in [0.25, 0.3) is 0 Å². The first-order chi connectivity index (χ1) is 13.6. The molecule has 4 rings (SSSR count). The molecule has 1 unspecified atom stereocenters. The van der Waals surface area contributed by atoms with E-state index in [1.54, 1.807) is 0 Å². The third-order valence-corrected chi connectivity index (χ3v) is 5.52. The monoisotopic (exact) mass is 446 g/mol.